The number of nitrogens with one attached hydrogen (secondary N) is 1. The Labute approximate surface area is 116 Å². The number of hydrogen-bond acceptors (Lipinski definition) is 4. The minimum atomic E-state index is -3.90. The highest BCUT2D eigenvalue weighted by atomic mass is 32.2. The van der Waals surface area contributed by atoms with Gasteiger partial charge < -0.3 is 4.74 Å². The molecule has 0 rings (SSSR count). The van der Waals surface area contributed by atoms with Gasteiger partial charge in [0.15, 0.2) is 0 Å². The molecule has 0 aromatic heterocycles. The summed E-state index contributed by atoms with van der Waals surface area (Å²) in [5, 5.41) is 0. The van der Waals surface area contributed by atoms with Crippen molar-refractivity contribution in [3.63, 3.8) is 0 Å². The molecule has 0 aliphatic rings. The molecule has 0 aliphatic heterocycles. The Morgan fingerprint density at radius 2 is 2.00 bits per heavy atom. The fourth-order valence-electron chi connectivity index (χ4n) is 1.54. The lowest BCUT2D eigenvalue weighted by molar-refractivity contribution is 0.0566. The molecule has 1 N–H and O–H groups in total. The zero-order valence-electron chi connectivity index (χ0n) is 12.3. The van der Waals surface area contributed by atoms with Crippen molar-refractivity contribution in [3.05, 3.63) is 12.7 Å². The maximum absolute atomic E-state index is 12.1. The summed E-state index contributed by atoms with van der Waals surface area (Å²) in [5.74, 6) is 0. The van der Waals surface area contributed by atoms with Crippen LogP contribution in [-0.4, -0.2) is 37.0 Å². The molecule has 1 amide bonds. The van der Waals surface area contributed by atoms with E-state index >= 15 is 0 Å². The van der Waals surface area contributed by atoms with E-state index in [1.54, 1.807) is 40.7 Å². The summed E-state index contributed by atoms with van der Waals surface area (Å²) in [6.07, 6.45) is 1.16. The average molecular weight is 292 g/mol. The van der Waals surface area contributed by atoms with Crippen LogP contribution < -0.4 is 4.72 Å². The molecule has 0 bridgehead atoms. The molecule has 0 aromatic rings. The van der Waals surface area contributed by atoms with E-state index < -0.39 is 21.9 Å². The lowest BCUT2D eigenvalue weighted by Crippen LogP contribution is -2.48. The van der Waals surface area contributed by atoms with Gasteiger partial charge in [0, 0.05) is 12.6 Å². The number of carbonyl (C=O) groups excluding carboxylic acids is 1. The highest BCUT2D eigenvalue weighted by Crippen LogP contribution is 2.11. The molecule has 0 unspecified atom stereocenters. The van der Waals surface area contributed by atoms with E-state index in [1.165, 1.54) is 4.31 Å². The zero-order valence-corrected chi connectivity index (χ0v) is 13.1. The molecular formula is C12H24N2O4S. The Balaban J connectivity index is 4.85. The van der Waals surface area contributed by atoms with Crippen molar-refractivity contribution in [1.82, 2.24) is 9.03 Å². The maximum Gasteiger partial charge on any atom is 0.422 e. The van der Waals surface area contributed by atoms with Crippen molar-refractivity contribution in [2.24, 2.45) is 0 Å². The molecule has 0 aromatic carbocycles. The smallest absolute Gasteiger partial charge is 0.422 e. The van der Waals surface area contributed by atoms with Crippen LogP contribution in [0.3, 0.4) is 0 Å². The molecule has 0 radical (unpaired) electrons. The minimum absolute atomic E-state index is 0.257. The number of amides is 1. The monoisotopic (exact) mass is 292 g/mol. The third-order valence-corrected chi connectivity index (χ3v) is 3.89. The molecule has 19 heavy (non-hydrogen) atoms. The fraction of sp³-hybridized carbons (Fsp3) is 0.750. The maximum atomic E-state index is 12.1. The molecule has 0 fully saturated rings. The quantitative estimate of drug-likeness (QED) is 0.760. The Morgan fingerprint density at radius 3 is 2.37 bits per heavy atom. The summed E-state index contributed by atoms with van der Waals surface area (Å²) < 4.78 is 32.1. The van der Waals surface area contributed by atoms with E-state index in [0.29, 0.717) is 6.42 Å². The first-order chi connectivity index (χ1) is 8.53. The number of nitrogens with zero attached hydrogens (tertiary/aromatic N) is 1. The third-order valence-electron chi connectivity index (χ3n) is 2.23. The van der Waals surface area contributed by atoms with Crippen LogP contribution >= 0.6 is 0 Å². The Bertz CT molecular complexity index is 412. The van der Waals surface area contributed by atoms with Gasteiger partial charge in [0.1, 0.15) is 5.60 Å². The molecule has 0 heterocycles. The molecule has 0 spiro atoms. The van der Waals surface area contributed by atoms with Crippen LogP contribution in [-0.2, 0) is 14.9 Å². The van der Waals surface area contributed by atoms with Gasteiger partial charge >= 0.3 is 16.3 Å². The summed E-state index contributed by atoms with van der Waals surface area (Å²) in [6.45, 7) is 12.3. The van der Waals surface area contributed by atoms with Gasteiger partial charge in [-0.2, -0.15) is 12.7 Å². The molecular weight excluding hydrogens is 268 g/mol. The third kappa shape index (κ3) is 6.58. The largest absolute Gasteiger partial charge is 0.443 e. The highest BCUT2D eigenvalue weighted by molar-refractivity contribution is 7.87. The van der Waals surface area contributed by atoms with Crippen LogP contribution in [0, 0.1) is 0 Å². The first-order valence-corrected chi connectivity index (χ1v) is 7.61. The Kier molecular flexibility index (Phi) is 6.51. The van der Waals surface area contributed by atoms with Crippen molar-refractivity contribution in [3.8, 4) is 0 Å². The van der Waals surface area contributed by atoms with Crippen molar-refractivity contribution >= 4 is 16.3 Å². The van der Waals surface area contributed by atoms with Crippen LogP contribution in [0.4, 0.5) is 4.79 Å². The average Bonchev–Trinajstić information content (AvgIpc) is 2.13. The molecule has 6 nitrogen and oxygen atoms in total. The van der Waals surface area contributed by atoms with E-state index in [2.05, 4.69) is 6.58 Å². The molecule has 7 heteroatoms. The molecule has 0 saturated carbocycles. The van der Waals surface area contributed by atoms with Gasteiger partial charge in [0.25, 0.3) is 0 Å². The van der Waals surface area contributed by atoms with Crippen molar-refractivity contribution in [2.75, 3.05) is 6.54 Å². The van der Waals surface area contributed by atoms with Crippen molar-refractivity contribution < 1.29 is 17.9 Å². The van der Waals surface area contributed by atoms with Gasteiger partial charge in [-0.15, -0.1) is 6.58 Å². The number of carbonyl (C=O) groups is 1. The predicted octanol–water partition coefficient (Wildman–Crippen LogP) is 2.04. The standard InChI is InChI=1S/C12H24N2O4S/c1-7-9-10(3)14(8-2)19(16,17)13-11(15)18-12(4,5)6/h7,10H,1,8-9H2,2-6H3,(H,13,15)/t10-/m1/s1. The normalized spacial score (nSPS) is 14.0. The van der Waals surface area contributed by atoms with Gasteiger partial charge in [-0.3, -0.25) is 0 Å². The van der Waals surface area contributed by atoms with E-state index in [4.69, 9.17) is 4.74 Å². The number of ether oxygens (including phenoxy) is 1. The summed E-state index contributed by atoms with van der Waals surface area (Å²) in [5.41, 5.74) is -0.747. The topological polar surface area (TPSA) is 75.7 Å². The van der Waals surface area contributed by atoms with E-state index in [0.717, 1.165) is 0 Å². The second-order valence-corrected chi connectivity index (χ2v) is 6.81. The molecule has 112 valence electrons. The van der Waals surface area contributed by atoms with Gasteiger partial charge in [-0.25, -0.2) is 9.52 Å². The summed E-state index contributed by atoms with van der Waals surface area (Å²) >= 11 is 0. The first kappa shape index (κ1) is 17.9. The first-order valence-electron chi connectivity index (χ1n) is 6.17. The minimum Gasteiger partial charge on any atom is -0.443 e. The van der Waals surface area contributed by atoms with Crippen LogP contribution in [0.25, 0.3) is 0 Å². The Hall–Kier alpha value is -1.08. The summed E-state index contributed by atoms with van der Waals surface area (Å²) in [6, 6.07) is -0.276. The fourth-order valence-corrected chi connectivity index (χ4v) is 2.81. The van der Waals surface area contributed by atoms with Crippen LogP contribution in [0.1, 0.15) is 41.0 Å². The van der Waals surface area contributed by atoms with Crippen molar-refractivity contribution in [2.45, 2.75) is 52.7 Å². The number of hydrogen-bond donors (Lipinski definition) is 1. The van der Waals surface area contributed by atoms with Crippen LogP contribution in [0.2, 0.25) is 0 Å². The highest BCUT2D eigenvalue weighted by Gasteiger charge is 2.28. The van der Waals surface area contributed by atoms with Crippen molar-refractivity contribution in [1.29, 1.82) is 0 Å². The van der Waals surface area contributed by atoms with E-state index in [9.17, 15) is 13.2 Å². The molecule has 0 saturated heterocycles. The SMILES string of the molecule is C=CC[C@@H](C)N(CC)S(=O)(=O)NC(=O)OC(C)(C)C. The summed E-state index contributed by atoms with van der Waals surface area (Å²) in [7, 11) is -3.90. The Morgan fingerprint density at radius 1 is 1.47 bits per heavy atom. The van der Waals surface area contributed by atoms with Crippen LogP contribution in [0.5, 0.6) is 0 Å². The molecule has 1 atom stereocenters. The van der Waals surface area contributed by atoms with Gasteiger partial charge in [-0.05, 0) is 34.1 Å². The summed E-state index contributed by atoms with van der Waals surface area (Å²) in [4.78, 5) is 11.5. The number of rotatable bonds is 6. The zero-order chi connectivity index (χ0) is 15.3. The lowest BCUT2D eigenvalue weighted by atomic mass is 10.2. The lowest BCUT2D eigenvalue weighted by Gasteiger charge is -2.27. The van der Waals surface area contributed by atoms with Crippen LogP contribution in [0.15, 0.2) is 12.7 Å². The second-order valence-electron chi connectivity index (χ2n) is 5.19. The predicted molar refractivity (Wildman–Crippen MR) is 74.9 cm³/mol. The van der Waals surface area contributed by atoms with Gasteiger partial charge in [0.2, 0.25) is 0 Å². The van der Waals surface area contributed by atoms with E-state index in [1.807, 2.05) is 4.72 Å². The second kappa shape index (κ2) is 6.91. The van der Waals surface area contributed by atoms with Gasteiger partial charge in [0.05, 0.1) is 0 Å². The van der Waals surface area contributed by atoms with E-state index in [-0.39, 0.29) is 12.6 Å². The molecule has 0 aliphatic carbocycles. The van der Waals surface area contributed by atoms with Gasteiger partial charge in [-0.1, -0.05) is 13.0 Å².